The molecule has 1 saturated carbocycles. The molecule has 0 aromatic heterocycles. The number of rotatable bonds is 3. The zero-order valence-electron chi connectivity index (χ0n) is 11.3. The van der Waals surface area contributed by atoms with E-state index in [0.29, 0.717) is 0 Å². The molecule has 0 amide bonds. The van der Waals surface area contributed by atoms with Gasteiger partial charge in [-0.05, 0) is 49.9 Å². The molecule has 0 atom stereocenters. The van der Waals surface area contributed by atoms with E-state index in [2.05, 4.69) is 60.7 Å². The Morgan fingerprint density at radius 2 is 1.11 bits per heavy atom. The molecular weight excluding hydrogens is 248 g/mol. The largest absolute Gasteiger partial charge is 0.160 e. The van der Waals surface area contributed by atoms with Gasteiger partial charge in [0.25, 0.3) is 0 Å². The molecule has 1 aliphatic rings. The molecule has 0 radical (unpaired) electrons. The maximum absolute atomic E-state index is 2.31. The molecule has 0 saturated heterocycles. The van der Waals surface area contributed by atoms with E-state index in [1.807, 2.05) is 0 Å². The van der Waals surface area contributed by atoms with Crippen molar-refractivity contribution >= 4 is 10.9 Å². The summed E-state index contributed by atoms with van der Waals surface area (Å²) in [7, 11) is 0.262. The highest BCUT2D eigenvalue weighted by Gasteiger charge is 2.35. The molecule has 3 rings (SSSR count). The van der Waals surface area contributed by atoms with Crippen LogP contribution in [0.5, 0.6) is 0 Å². The SMILES string of the molecule is c1ccc([S+](c2ccccc2)C2CCCCC2)cc1. The highest BCUT2D eigenvalue weighted by molar-refractivity contribution is 7.97. The van der Waals surface area contributed by atoms with E-state index in [9.17, 15) is 0 Å². The van der Waals surface area contributed by atoms with Crippen LogP contribution in [0.25, 0.3) is 0 Å². The third-order valence-corrected chi connectivity index (χ3v) is 6.58. The summed E-state index contributed by atoms with van der Waals surface area (Å²) in [5.41, 5.74) is 0. The molecule has 0 unspecified atom stereocenters. The Bertz CT molecular complexity index is 446. The van der Waals surface area contributed by atoms with E-state index in [1.165, 1.54) is 41.9 Å². The van der Waals surface area contributed by atoms with Crippen molar-refractivity contribution < 1.29 is 0 Å². The van der Waals surface area contributed by atoms with Gasteiger partial charge in [-0.15, -0.1) is 0 Å². The van der Waals surface area contributed by atoms with Gasteiger partial charge in [-0.2, -0.15) is 0 Å². The van der Waals surface area contributed by atoms with Gasteiger partial charge in [0.2, 0.25) is 0 Å². The average Bonchev–Trinajstić information content (AvgIpc) is 2.51. The molecule has 1 aliphatic carbocycles. The fraction of sp³-hybridized carbons (Fsp3) is 0.333. The quantitative estimate of drug-likeness (QED) is 0.684. The van der Waals surface area contributed by atoms with Crippen LogP contribution in [0.2, 0.25) is 0 Å². The van der Waals surface area contributed by atoms with Crippen LogP contribution in [-0.4, -0.2) is 5.25 Å². The number of benzene rings is 2. The summed E-state index contributed by atoms with van der Waals surface area (Å²) >= 11 is 0. The number of hydrogen-bond donors (Lipinski definition) is 0. The smallest absolute Gasteiger partial charge is 0.0619 e. The van der Waals surface area contributed by atoms with Crippen LogP contribution in [0.3, 0.4) is 0 Å². The second-order valence-electron chi connectivity index (χ2n) is 5.22. The van der Waals surface area contributed by atoms with Crippen molar-refractivity contribution in [3.8, 4) is 0 Å². The lowest BCUT2D eigenvalue weighted by atomic mass is 10.0. The van der Waals surface area contributed by atoms with Crippen molar-refractivity contribution in [3.05, 3.63) is 60.7 Å². The summed E-state index contributed by atoms with van der Waals surface area (Å²) in [5.74, 6) is 0. The van der Waals surface area contributed by atoms with Gasteiger partial charge in [0.15, 0.2) is 9.79 Å². The van der Waals surface area contributed by atoms with E-state index in [4.69, 9.17) is 0 Å². The molecule has 0 heterocycles. The van der Waals surface area contributed by atoms with Gasteiger partial charge < -0.3 is 0 Å². The normalized spacial score (nSPS) is 16.7. The minimum absolute atomic E-state index is 0.262. The van der Waals surface area contributed by atoms with Crippen LogP contribution in [0.15, 0.2) is 70.5 Å². The van der Waals surface area contributed by atoms with Crippen LogP contribution in [0, 0.1) is 0 Å². The lowest BCUT2D eigenvalue weighted by Gasteiger charge is -2.22. The Hall–Kier alpha value is -1.21. The van der Waals surface area contributed by atoms with Crippen molar-refractivity contribution in [1.82, 2.24) is 0 Å². The zero-order chi connectivity index (χ0) is 12.9. The van der Waals surface area contributed by atoms with Gasteiger partial charge in [-0.25, -0.2) is 0 Å². The van der Waals surface area contributed by atoms with E-state index in [-0.39, 0.29) is 10.9 Å². The predicted molar refractivity (Wildman–Crippen MR) is 83.7 cm³/mol. The van der Waals surface area contributed by atoms with Gasteiger partial charge in [0.1, 0.15) is 5.25 Å². The maximum atomic E-state index is 2.31. The molecule has 19 heavy (non-hydrogen) atoms. The topological polar surface area (TPSA) is 0 Å². The van der Waals surface area contributed by atoms with E-state index < -0.39 is 0 Å². The molecule has 0 N–H and O–H groups in total. The van der Waals surface area contributed by atoms with E-state index in [0.717, 1.165) is 5.25 Å². The van der Waals surface area contributed by atoms with Gasteiger partial charge in [0, 0.05) is 0 Å². The molecule has 0 nitrogen and oxygen atoms in total. The van der Waals surface area contributed by atoms with Crippen molar-refractivity contribution in [2.75, 3.05) is 0 Å². The second kappa shape index (κ2) is 6.29. The first-order valence-corrected chi connectivity index (χ1v) is 8.57. The molecule has 98 valence electrons. The lowest BCUT2D eigenvalue weighted by Crippen LogP contribution is -2.24. The summed E-state index contributed by atoms with van der Waals surface area (Å²) in [6, 6.07) is 22.2. The van der Waals surface area contributed by atoms with Crippen LogP contribution < -0.4 is 0 Å². The molecular formula is C18H21S+. The van der Waals surface area contributed by atoms with Gasteiger partial charge >= 0.3 is 0 Å². The summed E-state index contributed by atoms with van der Waals surface area (Å²) < 4.78 is 0. The van der Waals surface area contributed by atoms with Crippen LogP contribution >= 0.6 is 0 Å². The maximum Gasteiger partial charge on any atom is 0.160 e. The second-order valence-corrected chi connectivity index (χ2v) is 7.51. The Balaban J connectivity index is 1.96. The summed E-state index contributed by atoms with van der Waals surface area (Å²) in [5, 5.41) is 0.846. The summed E-state index contributed by atoms with van der Waals surface area (Å²) in [4.78, 5) is 3.03. The minimum Gasteiger partial charge on any atom is -0.0619 e. The first kappa shape index (κ1) is 12.8. The Labute approximate surface area is 119 Å². The molecule has 0 bridgehead atoms. The van der Waals surface area contributed by atoms with Crippen molar-refractivity contribution in [1.29, 1.82) is 0 Å². The third-order valence-electron chi connectivity index (χ3n) is 3.88. The lowest BCUT2D eigenvalue weighted by molar-refractivity contribution is 0.512. The standard InChI is InChI=1S/C18H21S/c1-4-10-16(11-5-1)19(17-12-6-2-7-13-17)18-14-8-3-9-15-18/h1-2,4-7,10-13,18H,3,8-9,14-15H2/q+1. The highest BCUT2D eigenvalue weighted by atomic mass is 32.2. The van der Waals surface area contributed by atoms with Crippen molar-refractivity contribution in [3.63, 3.8) is 0 Å². The zero-order valence-corrected chi connectivity index (χ0v) is 12.1. The first-order chi connectivity index (χ1) is 9.45. The predicted octanol–water partition coefficient (Wildman–Crippen LogP) is 5.06. The van der Waals surface area contributed by atoms with E-state index >= 15 is 0 Å². The molecule has 2 aromatic carbocycles. The van der Waals surface area contributed by atoms with Crippen LogP contribution in [0.4, 0.5) is 0 Å². The molecule has 1 heteroatoms. The molecule has 0 spiro atoms. The Morgan fingerprint density at radius 1 is 0.632 bits per heavy atom. The molecule has 1 fully saturated rings. The summed E-state index contributed by atoms with van der Waals surface area (Å²) in [6.45, 7) is 0. The van der Waals surface area contributed by atoms with Crippen molar-refractivity contribution in [2.45, 2.75) is 47.1 Å². The van der Waals surface area contributed by atoms with E-state index in [1.54, 1.807) is 0 Å². The van der Waals surface area contributed by atoms with Crippen LogP contribution in [0.1, 0.15) is 32.1 Å². The Kier molecular flexibility index (Phi) is 4.24. The summed E-state index contributed by atoms with van der Waals surface area (Å²) in [6.07, 6.45) is 7.04. The van der Waals surface area contributed by atoms with Gasteiger partial charge in [-0.1, -0.05) is 42.8 Å². The molecule has 2 aromatic rings. The van der Waals surface area contributed by atoms with Crippen LogP contribution in [-0.2, 0) is 10.9 Å². The third kappa shape index (κ3) is 3.03. The van der Waals surface area contributed by atoms with Gasteiger partial charge in [-0.3, -0.25) is 0 Å². The average molecular weight is 269 g/mol. The fourth-order valence-corrected chi connectivity index (χ4v) is 5.70. The molecule has 0 aliphatic heterocycles. The number of hydrogen-bond acceptors (Lipinski definition) is 0. The highest BCUT2D eigenvalue weighted by Crippen LogP contribution is 2.35. The van der Waals surface area contributed by atoms with Gasteiger partial charge in [0.05, 0.1) is 10.9 Å². The Morgan fingerprint density at radius 3 is 1.58 bits per heavy atom. The minimum atomic E-state index is 0.262. The first-order valence-electron chi connectivity index (χ1n) is 7.28. The fourth-order valence-electron chi connectivity index (χ4n) is 2.96. The monoisotopic (exact) mass is 269 g/mol. The van der Waals surface area contributed by atoms with Crippen molar-refractivity contribution in [2.24, 2.45) is 0 Å².